The van der Waals surface area contributed by atoms with Gasteiger partial charge in [-0.05, 0) is 35.4 Å². The summed E-state index contributed by atoms with van der Waals surface area (Å²) in [6.07, 6.45) is 3.43. The highest BCUT2D eigenvalue weighted by molar-refractivity contribution is 6.09. The molecule has 0 amide bonds. The van der Waals surface area contributed by atoms with Crippen LogP contribution >= 0.6 is 0 Å². The first-order chi connectivity index (χ1) is 18.8. The van der Waals surface area contributed by atoms with Gasteiger partial charge in [-0.2, -0.15) is 0 Å². The zero-order chi connectivity index (χ0) is 25.5. The monoisotopic (exact) mass is 497 g/mol. The van der Waals surface area contributed by atoms with Crippen LogP contribution in [0.25, 0.3) is 50.5 Å². The number of hydrogen-bond donors (Lipinski definition) is 0. The molecule has 0 radical (unpaired) electrons. The molecule has 0 fully saturated rings. The standard InChI is InChI=1S/C31H23N5O2/c1-37-25-17-9-8-16-24(25)29-33-31-27-26(21-11-4-2-5-12-21)28(22-13-6-3-7-14-22)35(19-23-15-10-18-38-23)30(27)32-20-36(31)34-29/h2-18,20H,19H2,1H3. The second-order valence-corrected chi connectivity index (χ2v) is 8.97. The summed E-state index contributed by atoms with van der Waals surface area (Å²) in [5.74, 6) is 2.14. The zero-order valence-electron chi connectivity index (χ0n) is 20.7. The number of furan rings is 1. The van der Waals surface area contributed by atoms with Crippen LogP contribution in [0.1, 0.15) is 5.76 Å². The summed E-state index contributed by atoms with van der Waals surface area (Å²) in [6.45, 7) is 0.525. The Kier molecular flexibility index (Phi) is 5.25. The van der Waals surface area contributed by atoms with Crippen LogP contribution in [0.5, 0.6) is 5.75 Å². The maximum atomic E-state index is 5.77. The fourth-order valence-electron chi connectivity index (χ4n) is 5.07. The van der Waals surface area contributed by atoms with Gasteiger partial charge in [0.25, 0.3) is 0 Å². The Labute approximate surface area is 218 Å². The lowest BCUT2D eigenvalue weighted by molar-refractivity contribution is 0.416. The van der Waals surface area contributed by atoms with Crippen LogP contribution < -0.4 is 4.74 Å². The molecule has 7 rings (SSSR count). The third-order valence-corrected chi connectivity index (χ3v) is 6.73. The molecule has 38 heavy (non-hydrogen) atoms. The third-order valence-electron chi connectivity index (χ3n) is 6.73. The van der Waals surface area contributed by atoms with E-state index in [0.717, 1.165) is 56.1 Å². The Morgan fingerprint density at radius 3 is 2.26 bits per heavy atom. The smallest absolute Gasteiger partial charge is 0.185 e. The quantitative estimate of drug-likeness (QED) is 0.255. The van der Waals surface area contributed by atoms with Crippen molar-refractivity contribution in [2.24, 2.45) is 0 Å². The van der Waals surface area contributed by atoms with Crippen molar-refractivity contribution in [2.75, 3.05) is 7.11 Å². The number of rotatable bonds is 6. The molecule has 184 valence electrons. The lowest BCUT2D eigenvalue weighted by Crippen LogP contribution is -2.03. The van der Waals surface area contributed by atoms with Crippen LogP contribution in [0, 0.1) is 0 Å². The molecule has 7 aromatic rings. The van der Waals surface area contributed by atoms with E-state index in [1.807, 2.05) is 48.5 Å². The first-order valence-electron chi connectivity index (χ1n) is 12.4. The van der Waals surface area contributed by atoms with Crippen LogP contribution in [0.3, 0.4) is 0 Å². The normalized spacial score (nSPS) is 11.4. The van der Waals surface area contributed by atoms with Gasteiger partial charge in [0, 0.05) is 5.56 Å². The molecule has 0 aliphatic heterocycles. The van der Waals surface area contributed by atoms with Crippen LogP contribution in [0.15, 0.2) is 114 Å². The second-order valence-electron chi connectivity index (χ2n) is 8.97. The Hall–Kier alpha value is -5.17. The Morgan fingerprint density at radius 1 is 0.789 bits per heavy atom. The van der Waals surface area contributed by atoms with Crippen LogP contribution in [-0.4, -0.2) is 31.3 Å². The number of fused-ring (bicyclic) bond motifs is 3. The van der Waals surface area contributed by atoms with E-state index in [9.17, 15) is 0 Å². The number of ether oxygens (including phenoxy) is 1. The van der Waals surface area contributed by atoms with Crippen LogP contribution in [0.4, 0.5) is 0 Å². The van der Waals surface area contributed by atoms with Crippen molar-refractivity contribution in [1.29, 1.82) is 0 Å². The zero-order valence-corrected chi connectivity index (χ0v) is 20.7. The number of nitrogens with zero attached hydrogens (tertiary/aromatic N) is 5. The van der Waals surface area contributed by atoms with E-state index in [0.29, 0.717) is 12.4 Å². The van der Waals surface area contributed by atoms with Crippen molar-refractivity contribution in [1.82, 2.24) is 24.1 Å². The van der Waals surface area contributed by atoms with Gasteiger partial charge < -0.3 is 13.7 Å². The van der Waals surface area contributed by atoms with E-state index in [-0.39, 0.29) is 0 Å². The van der Waals surface area contributed by atoms with E-state index < -0.39 is 0 Å². The van der Waals surface area contributed by atoms with Crippen molar-refractivity contribution >= 4 is 16.7 Å². The fraction of sp³-hybridized carbons (Fsp3) is 0.0645. The molecule has 0 bridgehead atoms. The SMILES string of the molecule is COc1ccccc1-c1nc2c3c(-c4ccccc4)c(-c4ccccc4)n(Cc4ccco4)c3ncn2n1. The molecule has 0 N–H and O–H groups in total. The van der Waals surface area contributed by atoms with Gasteiger partial charge in [0.2, 0.25) is 0 Å². The predicted molar refractivity (Wildman–Crippen MR) is 147 cm³/mol. The van der Waals surface area contributed by atoms with Gasteiger partial charge in [-0.3, -0.25) is 0 Å². The van der Waals surface area contributed by atoms with E-state index in [4.69, 9.17) is 24.2 Å². The number of aromatic nitrogens is 5. The van der Waals surface area contributed by atoms with E-state index in [1.54, 1.807) is 24.2 Å². The van der Waals surface area contributed by atoms with Gasteiger partial charge in [-0.15, -0.1) is 5.10 Å². The van der Waals surface area contributed by atoms with Gasteiger partial charge in [0.1, 0.15) is 23.5 Å². The molecule has 0 atom stereocenters. The molecule has 4 aromatic heterocycles. The van der Waals surface area contributed by atoms with Gasteiger partial charge in [0.05, 0.1) is 36.6 Å². The molecule has 0 aliphatic carbocycles. The van der Waals surface area contributed by atoms with Gasteiger partial charge in [-0.1, -0.05) is 72.8 Å². The topological polar surface area (TPSA) is 70.4 Å². The lowest BCUT2D eigenvalue weighted by Gasteiger charge is -2.11. The average molecular weight is 498 g/mol. The Morgan fingerprint density at radius 2 is 1.53 bits per heavy atom. The summed E-state index contributed by atoms with van der Waals surface area (Å²) < 4.78 is 15.3. The Balaban J connectivity index is 1.60. The molecular weight excluding hydrogens is 474 g/mol. The van der Waals surface area contributed by atoms with Gasteiger partial charge in [-0.25, -0.2) is 14.5 Å². The van der Waals surface area contributed by atoms with Crippen molar-refractivity contribution in [3.63, 3.8) is 0 Å². The summed E-state index contributed by atoms with van der Waals surface area (Å²) in [4.78, 5) is 9.97. The lowest BCUT2D eigenvalue weighted by atomic mass is 9.99. The highest BCUT2D eigenvalue weighted by Crippen LogP contribution is 2.42. The molecule has 0 aliphatic rings. The largest absolute Gasteiger partial charge is 0.496 e. The minimum absolute atomic E-state index is 0.525. The van der Waals surface area contributed by atoms with E-state index in [2.05, 4.69) is 53.1 Å². The molecule has 7 heteroatoms. The Bertz CT molecular complexity index is 1870. The van der Waals surface area contributed by atoms with Gasteiger partial charge >= 0.3 is 0 Å². The molecule has 0 saturated carbocycles. The highest BCUT2D eigenvalue weighted by Gasteiger charge is 2.25. The average Bonchev–Trinajstić information content (AvgIpc) is 3.72. The van der Waals surface area contributed by atoms with Crippen molar-refractivity contribution < 1.29 is 9.15 Å². The summed E-state index contributed by atoms with van der Waals surface area (Å²) in [5, 5.41) is 5.73. The highest BCUT2D eigenvalue weighted by atomic mass is 16.5. The molecular formula is C31H23N5O2. The summed E-state index contributed by atoms with van der Waals surface area (Å²) in [7, 11) is 1.66. The van der Waals surface area contributed by atoms with Crippen LogP contribution in [0.2, 0.25) is 0 Å². The summed E-state index contributed by atoms with van der Waals surface area (Å²) in [6, 6.07) is 32.4. The van der Waals surface area contributed by atoms with Crippen LogP contribution in [-0.2, 0) is 6.54 Å². The summed E-state index contributed by atoms with van der Waals surface area (Å²) in [5.41, 5.74) is 6.62. The molecule has 3 aromatic carbocycles. The number of hydrogen-bond acceptors (Lipinski definition) is 5. The van der Waals surface area contributed by atoms with Crippen molar-refractivity contribution in [2.45, 2.75) is 6.54 Å². The minimum Gasteiger partial charge on any atom is -0.496 e. The second kappa shape index (κ2) is 9.05. The summed E-state index contributed by atoms with van der Waals surface area (Å²) >= 11 is 0. The van der Waals surface area contributed by atoms with E-state index >= 15 is 0 Å². The molecule has 4 heterocycles. The fourth-order valence-corrected chi connectivity index (χ4v) is 5.07. The number of methoxy groups -OCH3 is 1. The van der Waals surface area contributed by atoms with Crippen molar-refractivity contribution in [3.05, 3.63) is 115 Å². The molecule has 0 unspecified atom stereocenters. The number of benzene rings is 3. The first-order valence-corrected chi connectivity index (χ1v) is 12.4. The molecule has 0 saturated heterocycles. The maximum absolute atomic E-state index is 5.77. The molecule has 0 spiro atoms. The minimum atomic E-state index is 0.525. The molecule has 7 nitrogen and oxygen atoms in total. The number of para-hydroxylation sites is 1. The van der Waals surface area contributed by atoms with Gasteiger partial charge in [0.15, 0.2) is 11.5 Å². The van der Waals surface area contributed by atoms with Crippen molar-refractivity contribution in [3.8, 4) is 39.5 Å². The van der Waals surface area contributed by atoms with E-state index in [1.165, 1.54) is 0 Å². The first kappa shape index (κ1) is 22.1. The predicted octanol–water partition coefficient (Wildman–Crippen LogP) is 6.73. The maximum Gasteiger partial charge on any atom is 0.185 e. The third kappa shape index (κ3) is 3.56.